The van der Waals surface area contributed by atoms with Crippen LogP contribution in [0.3, 0.4) is 0 Å². The first-order chi connectivity index (χ1) is 6.18. The van der Waals surface area contributed by atoms with E-state index >= 15 is 0 Å². The van der Waals surface area contributed by atoms with Crippen LogP contribution in [0.25, 0.3) is 0 Å². The van der Waals surface area contributed by atoms with Gasteiger partial charge in [0.05, 0.1) is 0 Å². The first-order valence-corrected chi connectivity index (χ1v) is 5.43. The van der Waals surface area contributed by atoms with E-state index in [-0.39, 0.29) is 13.3 Å². The fraction of sp³-hybridized carbons (Fsp3) is 0.917. The van der Waals surface area contributed by atoms with Crippen LogP contribution in [0.1, 0.15) is 67.2 Å². The van der Waals surface area contributed by atoms with Crippen LogP contribution in [0, 0.1) is 0 Å². The van der Waals surface area contributed by atoms with Crippen LogP contribution in [0.5, 0.6) is 0 Å². The molecule has 0 rings (SSSR count). The number of unbranched alkanes of at least 4 members (excludes halogenated alkanes) is 3. The normalized spacial score (nSPS) is 8.00. The van der Waals surface area contributed by atoms with E-state index in [1.807, 2.05) is 0 Å². The first-order valence-electron chi connectivity index (χ1n) is 5.43. The highest BCUT2D eigenvalue weighted by Crippen LogP contribution is 1.88. The Hall–Kier alpha value is -0.530. The standard InChI is InChI=1S/C6H13NO.C5H12.CH4/c1-3-4-5-7-6(2)8;1-3-5-4-2;/h3-5H2,1-2H3,(H,7,8);3-5H2,1-2H3;1H4. The predicted octanol–water partition coefficient (Wildman–Crippen LogP) is 3.76. The van der Waals surface area contributed by atoms with Crippen molar-refractivity contribution in [1.29, 1.82) is 0 Å². The van der Waals surface area contributed by atoms with E-state index in [1.54, 1.807) is 0 Å². The van der Waals surface area contributed by atoms with Crippen LogP contribution in [0.4, 0.5) is 0 Å². The van der Waals surface area contributed by atoms with Crippen molar-refractivity contribution in [2.45, 2.75) is 67.2 Å². The van der Waals surface area contributed by atoms with Crippen molar-refractivity contribution in [2.75, 3.05) is 6.54 Å². The highest BCUT2D eigenvalue weighted by Gasteiger charge is 1.85. The minimum Gasteiger partial charge on any atom is -0.356 e. The summed E-state index contributed by atoms with van der Waals surface area (Å²) in [6.45, 7) is 8.89. The lowest BCUT2D eigenvalue weighted by Gasteiger charge is -1.96. The molecule has 88 valence electrons. The summed E-state index contributed by atoms with van der Waals surface area (Å²) in [5, 5.41) is 2.71. The van der Waals surface area contributed by atoms with Gasteiger partial charge in [0.15, 0.2) is 0 Å². The van der Waals surface area contributed by atoms with Crippen LogP contribution in [0.2, 0.25) is 0 Å². The lowest BCUT2D eigenvalue weighted by Crippen LogP contribution is -2.20. The molecular weight excluding hydrogens is 174 g/mol. The van der Waals surface area contributed by atoms with Gasteiger partial charge in [0.25, 0.3) is 0 Å². The molecule has 0 saturated heterocycles. The van der Waals surface area contributed by atoms with Gasteiger partial charge >= 0.3 is 0 Å². The van der Waals surface area contributed by atoms with E-state index in [9.17, 15) is 4.79 Å². The SMILES string of the molecule is C.CCCCC.CCCCNC(C)=O. The Morgan fingerprint density at radius 2 is 1.43 bits per heavy atom. The molecule has 0 aliphatic carbocycles. The van der Waals surface area contributed by atoms with Gasteiger partial charge in [-0.25, -0.2) is 0 Å². The molecule has 14 heavy (non-hydrogen) atoms. The molecule has 0 atom stereocenters. The highest BCUT2D eigenvalue weighted by atomic mass is 16.1. The number of carbonyl (C=O) groups excluding carboxylic acids is 1. The van der Waals surface area contributed by atoms with Gasteiger partial charge in [0.1, 0.15) is 0 Å². The van der Waals surface area contributed by atoms with E-state index in [1.165, 1.54) is 26.2 Å². The Labute approximate surface area is 90.5 Å². The predicted molar refractivity (Wildman–Crippen MR) is 65.5 cm³/mol. The molecule has 1 N–H and O–H groups in total. The van der Waals surface area contributed by atoms with Crippen LogP contribution in [-0.4, -0.2) is 12.5 Å². The maximum atomic E-state index is 10.2. The van der Waals surface area contributed by atoms with Gasteiger partial charge in [-0.1, -0.05) is 53.9 Å². The van der Waals surface area contributed by atoms with Crippen molar-refractivity contribution >= 4 is 5.91 Å². The average Bonchev–Trinajstić information content (AvgIpc) is 2.07. The Kier molecular flexibility index (Phi) is 25.0. The monoisotopic (exact) mass is 203 g/mol. The van der Waals surface area contributed by atoms with Crippen molar-refractivity contribution in [3.8, 4) is 0 Å². The third-order valence-electron chi connectivity index (χ3n) is 1.61. The summed E-state index contributed by atoms with van der Waals surface area (Å²) >= 11 is 0. The molecule has 0 aliphatic rings. The fourth-order valence-corrected chi connectivity index (χ4v) is 0.795. The summed E-state index contributed by atoms with van der Waals surface area (Å²) in [5.41, 5.74) is 0. The van der Waals surface area contributed by atoms with E-state index in [0.717, 1.165) is 19.4 Å². The number of amides is 1. The van der Waals surface area contributed by atoms with Gasteiger partial charge in [-0.3, -0.25) is 4.79 Å². The molecule has 0 bridgehead atoms. The largest absolute Gasteiger partial charge is 0.356 e. The fourth-order valence-electron chi connectivity index (χ4n) is 0.795. The Morgan fingerprint density at radius 1 is 1.00 bits per heavy atom. The molecule has 0 saturated carbocycles. The average molecular weight is 203 g/mol. The number of hydrogen-bond donors (Lipinski definition) is 1. The number of carbonyl (C=O) groups is 1. The van der Waals surface area contributed by atoms with Gasteiger partial charge in [0.2, 0.25) is 5.91 Å². The summed E-state index contributed by atoms with van der Waals surface area (Å²) in [6.07, 6.45) is 6.30. The second-order valence-corrected chi connectivity index (χ2v) is 3.19. The van der Waals surface area contributed by atoms with Crippen LogP contribution in [0.15, 0.2) is 0 Å². The summed E-state index contributed by atoms with van der Waals surface area (Å²) in [5.74, 6) is 0.0680. The van der Waals surface area contributed by atoms with Gasteiger partial charge in [-0.05, 0) is 6.42 Å². The van der Waals surface area contributed by atoms with E-state index < -0.39 is 0 Å². The molecule has 0 heterocycles. The zero-order valence-electron chi connectivity index (χ0n) is 9.65. The molecule has 0 aromatic carbocycles. The lowest BCUT2D eigenvalue weighted by atomic mass is 10.3. The second kappa shape index (κ2) is 18.3. The smallest absolute Gasteiger partial charge is 0.216 e. The Bertz CT molecular complexity index is 100. The van der Waals surface area contributed by atoms with Crippen LogP contribution in [-0.2, 0) is 4.79 Å². The minimum atomic E-state index is 0. The zero-order valence-corrected chi connectivity index (χ0v) is 9.65. The molecule has 0 radical (unpaired) electrons. The zero-order chi connectivity index (χ0) is 10.5. The molecular formula is C12H29NO. The molecule has 2 nitrogen and oxygen atoms in total. The first kappa shape index (κ1) is 19.1. The number of rotatable bonds is 5. The van der Waals surface area contributed by atoms with Crippen LogP contribution < -0.4 is 5.32 Å². The summed E-state index contributed by atoms with van der Waals surface area (Å²) in [7, 11) is 0. The number of hydrogen-bond acceptors (Lipinski definition) is 1. The van der Waals surface area contributed by atoms with Crippen molar-refractivity contribution < 1.29 is 4.79 Å². The van der Waals surface area contributed by atoms with Gasteiger partial charge in [-0.2, -0.15) is 0 Å². The number of nitrogens with one attached hydrogen (secondary N) is 1. The maximum Gasteiger partial charge on any atom is 0.216 e. The quantitative estimate of drug-likeness (QED) is 0.677. The molecule has 0 aromatic heterocycles. The molecule has 0 aromatic rings. The topological polar surface area (TPSA) is 29.1 Å². The van der Waals surface area contributed by atoms with Gasteiger partial charge in [-0.15, -0.1) is 0 Å². The van der Waals surface area contributed by atoms with E-state index in [0.29, 0.717) is 0 Å². The Morgan fingerprint density at radius 3 is 1.64 bits per heavy atom. The van der Waals surface area contributed by atoms with Gasteiger partial charge in [0, 0.05) is 13.5 Å². The van der Waals surface area contributed by atoms with Gasteiger partial charge < -0.3 is 5.32 Å². The lowest BCUT2D eigenvalue weighted by molar-refractivity contribution is -0.118. The maximum absolute atomic E-state index is 10.2. The molecule has 0 fully saturated rings. The molecule has 0 aliphatic heterocycles. The molecule has 0 unspecified atom stereocenters. The molecule has 2 heteroatoms. The van der Waals surface area contributed by atoms with Crippen molar-refractivity contribution in [3.05, 3.63) is 0 Å². The third-order valence-corrected chi connectivity index (χ3v) is 1.61. The molecule has 1 amide bonds. The van der Waals surface area contributed by atoms with Crippen molar-refractivity contribution in [1.82, 2.24) is 5.32 Å². The highest BCUT2D eigenvalue weighted by molar-refractivity contribution is 5.72. The Balaban J connectivity index is -0.000000177. The summed E-state index contributed by atoms with van der Waals surface area (Å²) in [4.78, 5) is 10.2. The van der Waals surface area contributed by atoms with E-state index in [2.05, 4.69) is 26.1 Å². The van der Waals surface area contributed by atoms with Crippen LogP contribution >= 0.6 is 0 Å². The van der Waals surface area contributed by atoms with E-state index in [4.69, 9.17) is 0 Å². The second-order valence-electron chi connectivity index (χ2n) is 3.19. The molecule has 0 spiro atoms. The third kappa shape index (κ3) is 30.0. The van der Waals surface area contributed by atoms with Crippen molar-refractivity contribution in [2.24, 2.45) is 0 Å². The summed E-state index contributed by atoms with van der Waals surface area (Å²) < 4.78 is 0. The van der Waals surface area contributed by atoms with Crippen molar-refractivity contribution in [3.63, 3.8) is 0 Å². The summed E-state index contributed by atoms with van der Waals surface area (Å²) in [6, 6.07) is 0. The minimum absolute atomic E-state index is 0.